The van der Waals surface area contributed by atoms with Crippen LogP contribution >= 0.6 is 27.3 Å². The Hall–Kier alpha value is -1.61. The zero-order chi connectivity index (χ0) is 16.4. The molecule has 0 unspecified atom stereocenters. The summed E-state index contributed by atoms with van der Waals surface area (Å²) in [4.78, 5) is 30.3. The van der Waals surface area contributed by atoms with Crippen molar-refractivity contribution >= 4 is 45.2 Å². The van der Waals surface area contributed by atoms with Crippen molar-refractivity contribution < 1.29 is 34.4 Å². The number of aromatic carboxylic acids is 1. The molecular formula is C12H15BrO7S. The molecule has 0 amide bonds. The molecule has 0 aliphatic carbocycles. The van der Waals surface area contributed by atoms with Crippen molar-refractivity contribution in [2.24, 2.45) is 0 Å². The molecule has 1 aromatic rings. The Morgan fingerprint density at radius 1 is 1.14 bits per heavy atom. The van der Waals surface area contributed by atoms with E-state index < -0.39 is 17.9 Å². The van der Waals surface area contributed by atoms with E-state index in [9.17, 15) is 14.4 Å². The molecule has 21 heavy (non-hydrogen) atoms. The Labute approximate surface area is 133 Å². The van der Waals surface area contributed by atoms with Crippen LogP contribution in [0, 0.1) is 0 Å². The lowest BCUT2D eigenvalue weighted by atomic mass is 10.2. The average Bonchev–Trinajstić information content (AvgIpc) is 2.76. The number of hydrogen-bond acceptors (Lipinski definition) is 5. The number of hydrogen-bond donors (Lipinski definition) is 3. The first-order valence-electron chi connectivity index (χ1n) is 5.77. The second kappa shape index (κ2) is 10.2. The van der Waals surface area contributed by atoms with Gasteiger partial charge < -0.3 is 20.1 Å². The molecule has 118 valence electrons. The Morgan fingerprint density at radius 2 is 1.62 bits per heavy atom. The molecule has 9 heteroatoms. The second-order valence-corrected chi connectivity index (χ2v) is 5.95. The number of carboxylic acid groups (broad SMARTS) is 3. The van der Waals surface area contributed by atoms with E-state index in [4.69, 9.17) is 20.1 Å². The topological polar surface area (TPSA) is 121 Å². The summed E-state index contributed by atoms with van der Waals surface area (Å²) in [6.07, 6.45) is 1.02. The van der Waals surface area contributed by atoms with Gasteiger partial charge in [0.2, 0.25) is 0 Å². The number of rotatable bonds is 7. The van der Waals surface area contributed by atoms with Crippen molar-refractivity contribution in [2.75, 3.05) is 7.11 Å². The Kier molecular flexibility index (Phi) is 9.39. The van der Waals surface area contributed by atoms with Crippen LogP contribution in [0.1, 0.15) is 36.0 Å². The molecular weight excluding hydrogens is 368 g/mol. The number of ether oxygens (including phenoxy) is 1. The highest BCUT2D eigenvalue weighted by molar-refractivity contribution is 9.11. The van der Waals surface area contributed by atoms with E-state index in [1.165, 1.54) is 23.8 Å². The Bertz CT molecular complexity index is 482. The van der Waals surface area contributed by atoms with Crippen LogP contribution < -0.4 is 4.74 Å². The summed E-state index contributed by atoms with van der Waals surface area (Å²) >= 11 is 4.47. The lowest BCUT2D eigenvalue weighted by Crippen LogP contribution is -1.97. The van der Waals surface area contributed by atoms with Gasteiger partial charge in [0.05, 0.1) is 7.11 Å². The van der Waals surface area contributed by atoms with E-state index in [2.05, 4.69) is 15.9 Å². The van der Waals surface area contributed by atoms with Gasteiger partial charge in [0.25, 0.3) is 0 Å². The Morgan fingerprint density at radius 3 is 1.90 bits per heavy atom. The zero-order valence-electron chi connectivity index (χ0n) is 11.2. The smallest absolute Gasteiger partial charge is 0.340 e. The lowest BCUT2D eigenvalue weighted by Gasteiger charge is -1.97. The number of carbonyl (C=O) groups is 3. The van der Waals surface area contributed by atoms with Gasteiger partial charge in [-0.2, -0.15) is 0 Å². The van der Waals surface area contributed by atoms with Crippen LogP contribution in [0.15, 0.2) is 9.17 Å². The van der Waals surface area contributed by atoms with Crippen LogP contribution in [-0.2, 0) is 9.59 Å². The molecule has 0 saturated heterocycles. The summed E-state index contributed by atoms with van der Waals surface area (Å²) < 4.78 is 5.57. The highest BCUT2D eigenvalue weighted by Crippen LogP contribution is 2.35. The highest BCUT2D eigenvalue weighted by atomic mass is 79.9. The summed E-state index contributed by atoms with van der Waals surface area (Å²) in [5.41, 5.74) is 0.198. The fourth-order valence-corrected chi connectivity index (χ4v) is 2.60. The first kappa shape index (κ1) is 19.4. The maximum Gasteiger partial charge on any atom is 0.340 e. The standard InChI is InChI=1S/C6H5BrO3S.C6H10O4/c1-10-4-3(6(8)9)2-11-5(4)7;7-5(8)3-1-2-4-6(9)10/h2H,1H3,(H,8,9);1-4H2,(H,7,8)(H,9,10). The number of carboxylic acids is 3. The fourth-order valence-electron chi connectivity index (χ4n) is 1.21. The van der Waals surface area contributed by atoms with E-state index in [-0.39, 0.29) is 18.4 Å². The molecule has 1 aromatic heterocycles. The van der Waals surface area contributed by atoms with E-state index in [0.29, 0.717) is 22.4 Å². The van der Waals surface area contributed by atoms with Gasteiger partial charge in [0.15, 0.2) is 5.75 Å². The molecule has 0 fully saturated rings. The van der Waals surface area contributed by atoms with Crippen LogP contribution in [0.25, 0.3) is 0 Å². The van der Waals surface area contributed by atoms with Crippen LogP contribution in [-0.4, -0.2) is 40.3 Å². The molecule has 0 aromatic carbocycles. The van der Waals surface area contributed by atoms with Gasteiger partial charge in [0, 0.05) is 18.2 Å². The first-order chi connectivity index (χ1) is 9.79. The zero-order valence-corrected chi connectivity index (χ0v) is 13.6. The van der Waals surface area contributed by atoms with Crippen molar-refractivity contribution in [1.29, 1.82) is 0 Å². The largest absolute Gasteiger partial charge is 0.494 e. The van der Waals surface area contributed by atoms with Crippen molar-refractivity contribution in [1.82, 2.24) is 0 Å². The first-order valence-corrected chi connectivity index (χ1v) is 7.44. The average molecular weight is 383 g/mol. The molecule has 1 heterocycles. The van der Waals surface area contributed by atoms with Gasteiger partial charge in [0.1, 0.15) is 9.35 Å². The molecule has 0 saturated carbocycles. The van der Waals surface area contributed by atoms with E-state index in [1.54, 1.807) is 0 Å². The fraction of sp³-hybridized carbons (Fsp3) is 0.417. The molecule has 0 aliphatic rings. The quantitative estimate of drug-likeness (QED) is 0.619. The summed E-state index contributed by atoms with van der Waals surface area (Å²) in [5, 5.41) is 26.4. The molecule has 0 radical (unpaired) electrons. The molecule has 7 nitrogen and oxygen atoms in total. The lowest BCUT2D eigenvalue weighted by molar-refractivity contribution is -0.139. The third-order valence-corrected chi connectivity index (χ3v) is 3.84. The predicted molar refractivity (Wildman–Crippen MR) is 79.3 cm³/mol. The van der Waals surface area contributed by atoms with Crippen LogP contribution in [0.5, 0.6) is 5.75 Å². The van der Waals surface area contributed by atoms with E-state index in [1.807, 2.05) is 0 Å². The SMILES string of the molecule is COc1c(C(=O)O)csc1Br.O=C(O)CCCCC(=O)O. The summed E-state index contributed by atoms with van der Waals surface area (Å²) in [7, 11) is 1.44. The second-order valence-electron chi connectivity index (χ2n) is 3.76. The van der Waals surface area contributed by atoms with Crippen LogP contribution in [0.3, 0.4) is 0 Å². The van der Waals surface area contributed by atoms with Crippen molar-refractivity contribution in [3.05, 3.63) is 14.7 Å². The molecule has 0 aliphatic heterocycles. The van der Waals surface area contributed by atoms with Gasteiger partial charge in [-0.15, -0.1) is 11.3 Å². The monoisotopic (exact) mass is 382 g/mol. The normalized spacial score (nSPS) is 9.43. The molecule has 0 atom stereocenters. The third kappa shape index (κ3) is 8.30. The van der Waals surface area contributed by atoms with Crippen LogP contribution in [0.4, 0.5) is 0 Å². The summed E-state index contributed by atoms with van der Waals surface area (Å²) in [6, 6.07) is 0. The predicted octanol–water partition coefficient (Wildman–Crippen LogP) is 2.93. The third-order valence-electron chi connectivity index (χ3n) is 2.17. The minimum absolute atomic E-state index is 0.0628. The highest BCUT2D eigenvalue weighted by Gasteiger charge is 2.15. The van der Waals surface area contributed by atoms with Crippen LogP contribution in [0.2, 0.25) is 0 Å². The molecule has 0 bridgehead atoms. The Balaban J connectivity index is 0.000000384. The molecule has 3 N–H and O–H groups in total. The minimum Gasteiger partial charge on any atom is -0.494 e. The van der Waals surface area contributed by atoms with Gasteiger partial charge >= 0.3 is 17.9 Å². The van der Waals surface area contributed by atoms with Crippen molar-refractivity contribution in [3.8, 4) is 5.75 Å². The van der Waals surface area contributed by atoms with E-state index >= 15 is 0 Å². The minimum atomic E-state index is -0.969. The number of thiophene rings is 1. The number of methoxy groups -OCH3 is 1. The van der Waals surface area contributed by atoms with Gasteiger partial charge in [-0.25, -0.2) is 4.79 Å². The number of unbranched alkanes of at least 4 members (excludes halogenated alkanes) is 1. The van der Waals surface area contributed by atoms with Gasteiger partial charge in [-0.3, -0.25) is 9.59 Å². The summed E-state index contributed by atoms with van der Waals surface area (Å²) in [6.45, 7) is 0. The summed E-state index contributed by atoms with van der Waals surface area (Å²) in [5.74, 6) is -2.32. The van der Waals surface area contributed by atoms with Crippen molar-refractivity contribution in [3.63, 3.8) is 0 Å². The van der Waals surface area contributed by atoms with E-state index in [0.717, 1.165) is 0 Å². The van der Waals surface area contributed by atoms with Crippen molar-refractivity contribution in [2.45, 2.75) is 25.7 Å². The maximum atomic E-state index is 10.5. The number of aliphatic carboxylic acids is 2. The maximum absolute atomic E-state index is 10.5. The van der Waals surface area contributed by atoms with Gasteiger partial charge in [-0.1, -0.05) is 0 Å². The molecule has 1 rings (SSSR count). The number of halogens is 1. The van der Waals surface area contributed by atoms with Gasteiger partial charge in [-0.05, 0) is 28.8 Å². The molecule has 0 spiro atoms.